The lowest BCUT2D eigenvalue weighted by Crippen LogP contribution is -2.63. The molecule has 21 nitrogen and oxygen atoms in total. The van der Waals surface area contributed by atoms with E-state index in [2.05, 4.69) is 36.9 Å². The second-order valence-electron chi connectivity index (χ2n) is 18.0. The highest BCUT2D eigenvalue weighted by Gasteiger charge is 2.38. The van der Waals surface area contributed by atoms with Gasteiger partial charge in [0.15, 0.2) is 0 Å². The normalized spacial score (nSPS) is 22.6. The number of hydrogen-bond acceptors (Lipinski definition) is 14. The van der Waals surface area contributed by atoms with Gasteiger partial charge in [-0.3, -0.25) is 38.4 Å². The van der Waals surface area contributed by atoms with Crippen molar-refractivity contribution in [2.24, 2.45) is 17.2 Å². The van der Waals surface area contributed by atoms with Gasteiger partial charge in [-0.05, 0) is 68.8 Å². The number of aromatic nitrogens is 1. The Morgan fingerprint density at radius 3 is 2.04 bits per heavy atom. The number of nitrogens with zero attached hydrogens (tertiary/aromatic N) is 1. The number of aliphatic hydroxyl groups excluding tert-OH is 2. The molecule has 8 amide bonds. The van der Waals surface area contributed by atoms with Crippen LogP contribution in [0.25, 0.3) is 10.9 Å². The van der Waals surface area contributed by atoms with E-state index in [1.807, 2.05) is 30.3 Å². The molecule has 0 aliphatic carbocycles. The van der Waals surface area contributed by atoms with Gasteiger partial charge < -0.3 is 69.2 Å². The molecule has 1 aromatic heterocycles. The number of H-pyrrole nitrogens is 1. The summed E-state index contributed by atoms with van der Waals surface area (Å²) < 4.78 is 0. The van der Waals surface area contributed by atoms with Crippen LogP contribution in [-0.2, 0) is 57.6 Å². The molecule has 15 N–H and O–H groups in total. The molecule has 0 bridgehead atoms. The number of benzene rings is 3. The Morgan fingerprint density at radius 2 is 1.40 bits per heavy atom. The van der Waals surface area contributed by atoms with Crippen LogP contribution in [0.4, 0.5) is 0 Å². The molecule has 0 saturated carbocycles. The maximum atomic E-state index is 15.1. The molecular weight excluding hydrogens is 979 g/mol. The number of unbranched alkanes of at least 4 members (excludes halogenated alkanes) is 1. The summed E-state index contributed by atoms with van der Waals surface area (Å²) >= 11 is 0. The number of para-hydroxylation sites is 1. The molecule has 2 heterocycles. The van der Waals surface area contributed by atoms with Crippen molar-refractivity contribution in [3.63, 3.8) is 0 Å². The van der Waals surface area contributed by atoms with Crippen LogP contribution in [0.15, 0.2) is 91.1 Å². The molecule has 0 radical (unpaired) electrons. The number of aliphatic hydroxyl groups is 2. The molecule has 394 valence electrons. The number of carbonyl (C=O) groups excluding carboxylic acids is 8. The van der Waals surface area contributed by atoms with E-state index in [0.29, 0.717) is 24.0 Å². The Labute approximate surface area is 431 Å². The molecular formula is C50H67N11O10S2. The largest absolute Gasteiger partial charge is 0.391 e. The van der Waals surface area contributed by atoms with E-state index in [9.17, 15) is 43.8 Å². The van der Waals surface area contributed by atoms with Crippen molar-refractivity contribution >= 4 is 79.7 Å². The summed E-state index contributed by atoms with van der Waals surface area (Å²) in [5.74, 6) is -7.35. The fraction of sp³-hybridized carbons (Fsp3) is 0.440. The fourth-order valence-corrected chi connectivity index (χ4v) is 10.4. The lowest BCUT2D eigenvalue weighted by molar-refractivity contribution is -0.143. The Kier molecular flexibility index (Phi) is 22.1. The maximum absolute atomic E-state index is 15.1. The van der Waals surface area contributed by atoms with Crippen molar-refractivity contribution in [3.05, 3.63) is 108 Å². The molecule has 10 atom stereocenters. The third-order valence-corrected chi connectivity index (χ3v) is 14.7. The molecule has 73 heavy (non-hydrogen) atoms. The van der Waals surface area contributed by atoms with Crippen LogP contribution in [0.3, 0.4) is 0 Å². The molecule has 3 unspecified atom stereocenters. The Morgan fingerprint density at radius 1 is 0.767 bits per heavy atom. The zero-order valence-corrected chi connectivity index (χ0v) is 42.6. The number of hydrogen-bond donors (Lipinski definition) is 12. The van der Waals surface area contributed by atoms with Gasteiger partial charge in [-0.25, -0.2) is 0 Å². The van der Waals surface area contributed by atoms with Crippen LogP contribution in [-0.4, -0.2) is 153 Å². The molecule has 23 heteroatoms. The van der Waals surface area contributed by atoms with Crippen molar-refractivity contribution in [1.29, 1.82) is 0 Å². The van der Waals surface area contributed by atoms with Gasteiger partial charge in [0.1, 0.15) is 42.3 Å². The summed E-state index contributed by atoms with van der Waals surface area (Å²) in [7, 11) is 3.39. The quantitative estimate of drug-likeness (QED) is 0.0448. The first-order valence-corrected chi connectivity index (χ1v) is 26.4. The van der Waals surface area contributed by atoms with Crippen molar-refractivity contribution in [1.82, 2.24) is 41.8 Å². The van der Waals surface area contributed by atoms with Gasteiger partial charge in [0, 0.05) is 48.5 Å². The number of aromatic amines is 1. The van der Waals surface area contributed by atoms with E-state index >= 15 is 4.79 Å². The number of amides is 8. The second kappa shape index (κ2) is 28.1. The molecule has 1 saturated heterocycles. The van der Waals surface area contributed by atoms with Crippen LogP contribution >= 0.6 is 21.6 Å². The van der Waals surface area contributed by atoms with Crippen LogP contribution in [0.2, 0.25) is 0 Å². The molecule has 3 aromatic carbocycles. The summed E-state index contributed by atoms with van der Waals surface area (Å²) in [5, 5.41) is 37.7. The Bertz CT molecular complexity index is 2520. The molecule has 1 fully saturated rings. The zero-order valence-electron chi connectivity index (χ0n) is 41.0. The number of likely N-dealkylation sites (N-methyl/N-ethyl adjacent to an activating group) is 1. The molecule has 1 aliphatic rings. The van der Waals surface area contributed by atoms with Crippen LogP contribution in [0, 0.1) is 0 Å². The minimum Gasteiger partial charge on any atom is -0.391 e. The van der Waals surface area contributed by atoms with Crippen molar-refractivity contribution in [2.75, 3.05) is 25.1 Å². The summed E-state index contributed by atoms with van der Waals surface area (Å²) in [6.07, 6.45) is -0.493. The van der Waals surface area contributed by atoms with Gasteiger partial charge in [-0.1, -0.05) is 100 Å². The van der Waals surface area contributed by atoms with Gasteiger partial charge in [0.05, 0.1) is 18.2 Å². The van der Waals surface area contributed by atoms with E-state index in [-0.39, 0.29) is 43.7 Å². The summed E-state index contributed by atoms with van der Waals surface area (Å²) in [4.78, 5) is 117. The molecule has 5 rings (SSSR count). The standard InChI is InChI=1S/C50H67N11O10S2/c1-28(62)41(43(53)64)59-47(68)39-27-73-72-26-38(57-44(65)34(52)22-30-14-6-4-7-15-30)46(67)56-37(23-31-16-8-5-9-17-31)50(71)61(3)40(24-32-25-54-35-19-11-10-18-33(32)35)48(69)55-36(20-12-13-21-51)45(66)60-42(29(2)63)49(70)58-39/h4-11,14-19,25,28-29,34,36-42,54,62-63H,12-13,20-24,26-27,51-52H2,1-3H3,(H2,53,64)(H,55,69)(H,56,67)(H,57,65)(H,58,70)(H,59,68)(H,60,66)/t28-,29-,34-,36+,37?,38+,39?,40-,41+,42?/m1/s1. The highest BCUT2D eigenvalue weighted by atomic mass is 33.1. The van der Waals surface area contributed by atoms with E-state index < -0.39 is 108 Å². The molecule has 0 spiro atoms. The minimum atomic E-state index is -1.71. The molecule has 4 aromatic rings. The lowest BCUT2D eigenvalue weighted by Gasteiger charge is -2.33. The lowest BCUT2D eigenvalue weighted by atomic mass is 9.99. The fourth-order valence-electron chi connectivity index (χ4n) is 8.11. The first kappa shape index (κ1) is 57.4. The van der Waals surface area contributed by atoms with Crippen molar-refractivity contribution in [3.8, 4) is 0 Å². The van der Waals surface area contributed by atoms with E-state index in [0.717, 1.165) is 38.1 Å². The first-order valence-electron chi connectivity index (χ1n) is 24.0. The summed E-state index contributed by atoms with van der Waals surface area (Å²) in [5.41, 5.74) is 20.5. The van der Waals surface area contributed by atoms with Gasteiger partial charge in [-0.15, -0.1) is 0 Å². The Balaban J connectivity index is 1.60. The van der Waals surface area contributed by atoms with E-state index in [4.69, 9.17) is 17.2 Å². The van der Waals surface area contributed by atoms with Crippen molar-refractivity contribution < 1.29 is 48.6 Å². The van der Waals surface area contributed by atoms with Gasteiger partial charge in [0.25, 0.3) is 0 Å². The number of carbonyl (C=O) groups is 8. The average molecular weight is 1050 g/mol. The van der Waals surface area contributed by atoms with Gasteiger partial charge >= 0.3 is 0 Å². The smallest absolute Gasteiger partial charge is 0.245 e. The topological polar surface area (TPSA) is 346 Å². The first-order chi connectivity index (χ1) is 34.9. The maximum Gasteiger partial charge on any atom is 0.245 e. The number of fused-ring (bicyclic) bond motifs is 1. The Hall–Kier alpha value is -6.50. The third kappa shape index (κ3) is 16.8. The molecule has 1 aliphatic heterocycles. The number of nitrogens with one attached hydrogen (secondary N) is 7. The second-order valence-corrected chi connectivity index (χ2v) is 20.5. The average Bonchev–Trinajstić information content (AvgIpc) is 3.78. The summed E-state index contributed by atoms with van der Waals surface area (Å²) in [6.45, 7) is 2.71. The van der Waals surface area contributed by atoms with Gasteiger partial charge in [-0.2, -0.15) is 0 Å². The SMILES string of the molecule is C[C@@H](O)C1NC(=O)[C@H](CCCCN)NC(=O)[C@@H](Cc2c[nH]c3ccccc23)N(C)C(=O)C(Cc2ccccc2)NC(=O)[C@@H](NC(=O)[C@H](N)Cc2ccccc2)CSSCC(C(=O)N[C@H](C(N)=O)[C@@H](C)O)NC1=O. The van der Waals surface area contributed by atoms with E-state index in [1.54, 1.807) is 60.8 Å². The number of primary amides is 1. The van der Waals surface area contributed by atoms with E-state index in [1.165, 1.54) is 25.8 Å². The zero-order chi connectivity index (χ0) is 53.2. The number of nitrogens with two attached hydrogens (primary N) is 3. The monoisotopic (exact) mass is 1050 g/mol. The predicted octanol–water partition coefficient (Wildman–Crippen LogP) is -0.970. The van der Waals surface area contributed by atoms with Crippen molar-refractivity contribution in [2.45, 2.75) is 113 Å². The minimum absolute atomic E-state index is 0.0158. The summed E-state index contributed by atoms with van der Waals surface area (Å²) in [6, 6.07) is 13.9. The van der Waals surface area contributed by atoms with Crippen LogP contribution < -0.4 is 49.1 Å². The van der Waals surface area contributed by atoms with Gasteiger partial charge in [0.2, 0.25) is 47.3 Å². The van der Waals surface area contributed by atoms with Crippen LogP contribution in [0.1, 0.15) is 49.8 Å². The van der Waals surface area contributed by atoms with Crippen LogP contribution in [0.5, 0.6) is 0 Å². The third-order valence-electron chi connectivity index (χ3n) is 12.3. The number of rotatable bonds is 17. The highest BCUT2D eigenvalue weighted by molar-refractivity contribution is 8.76. The predicted molar refractivity (Wildman–Crippen MR) is 279 cm³/mol. The highest BCUT2D eigenvalue weighted by Crippen LogP contribution is 2.25.